The SMILES string of the molecule is CCc1cnn([C@H]2C[C@@H](n3cnc4c(NC(c5ccc(OC)cc5)c5ccc(OC)cc5)nc(Cl)nc43)[C@H](O)[C@@H]2O)c1. The molecule has 1 aliphatic carbocycles. The van der Waals surface area contributed by atoms with E-state index in [2.05, 4.69) is 25.4 Å². The van der Waals surface area contributed by atoms with Crippen LogP contribution in [0.5, 0.6) is 11.5 Å². The zero-order valence-electron chi connectivity index (χ0n) is 23.4. The summed E-state index contributed by atoms with van der Waals surface area (Å²) in [6.07, 6.45) is 4.50. The van der Waals surface area contributed by atoms with Crippen LogP contribution >= 0.6 is 11.6 Å². The first kappa shape index (κ1) is 28.0. The van der Waals surface area contributed by atoms with Crippen LogP contribution < -0.4 is 14.8 Å². The van der Waals surface area contributed by atoms with Gasteiger partial charge in [-0.1, -0.05) is 31.2 Å². The molecular weight excluding hydrogens is 558 g/mol. The zero-order valence-corrected chi connectivity index (χ0v) is 24.2. The Morgan fingerprint density at radius 2 is 1.57 bits per heavy atom. The second kappa shape index (κ2) is 11.6. The van der Waals surface area contributed by atoms with E-state index in [9.17, 15) is 10.2 Å². The van der Waals surface area contributed by atoms with E-state index in [-0.39, 0.29) is 11.3 Å². The highest BCUT2D eigenvalue weighted by molar-refractivity contribution is 6.28. The lowest BCUT2D eigenvalue weighted by Crippen LogP contribution is -2.30. The highest BCUT2D eigenvalue weighted by Gasteiger charge is 2.44. The fourth-order valence-corrected chi connectivity index (χ4v) is 5.75. The first-order valence-corrected chi connectivity index (χ1v) is 14.1. The number of aromatic nitrogens is 6. The number of anilines is 1. The molecule has 1 saturated carbocycles. The molecule has 11 nitrogen and oxygen atoms in total. The Morgan fingerprint density at radius 1 is 0.952 bits per heavy atom. The molecule has 42 heavy (non-hydrogen) atoms. The third kappa shape index (κ3) is 5.15. The standard InChI is InChI=1S/C30H32ClN7O4/c1-4-17-14-33-38(15-17)23-13-22(26(39)27(23)40)37-16-32-25-28(35-30(31)36-29(25)37)34-24(18-5-9-20(41-2)10-6-18)19-7-11-21(42-3)12-8-19/h5-12,14-16,22-24,26-27,39-40H,4,13H2,1-3H3,(H,34,35,36)/t22-,23+,26+,27-/m1/s1. The molecule has 12 heteroatoms. The topological polar surface area (TPSA) is 132 Å². The van der Waals surface area contributed by atoms with Crippen molar-refractivity contribution in [2.45, 2.75) is 50.1 Å². The number of aliphatic hydroxyl groups excluding tert-OH is 2. The molecule has 3 heterocycles. The summed E-state index contributed by atoms with van der Waals surface area (Å²) in [6.45, 7) is 2.05. The number of nitrogens with one attached hydrogen (secondary N) is 1. The number of aryl methyl sites for hydroxylation is 1. The zero-order chi connectivity index (χ0) is 29.4. The lowest BCUT2D eigenvalue weighted by Gasteiger charge is -2.22. The van der Waals surface area contributed by atoms with E-state index >= 15 is 0 Å². The predicted molar refractivity (Wildman–Crippen MR) is 158 cm³/mol. The Kier molecular flexibility index (Phi) is 7.72. The molecule has 3 N–H and O–H groups in total. The molecule has 0 unspecified atom stereocenters. The van der Waals surface area contributed by atoms with Gasteiger partial charge in [0, 0.05) is 6.20 Å². The van der Waals surface area contributed by atoms with Crippen LogP contribution in [0.25, 0.3) is 11.2 Å². The van der Waals surface area contributed by atoms with Gasteiger partial charge in [0.05, 0.1) is 44.9 Å². The minimum Gasteiger partial charge on any atom is -0.497 e. The number of imidazole rings is 1. The molecular formula is C30H32ClN7O4. The summed E-state index contributed by atoms with van der Waals surface area (Å²) in [5, 5.41) is 30.0. The minimum absolute atomic E-state index is 0.0270. The van der Waals surface area contributed by atoms with Crippen LogP contribution in [0.1, 0.15) is 48.2 Å². The summed E-state index contributed by atoms with van der Waals surface area (Å²) in [7, 11) is 3.26. The van der Waals surface area contributed by atoms with Gasteiger partial charge in [-0.3, -0.25) is 4.68 Å². The fourth-order valence-electron chi connectivity index (χ4n) is 5.59. The number of methoxy groups -OCH3 is 2. The molecule has 3 aromatic heterocycles. The molecule has 0 aliphatic heterocycles. The normalized spacial score (nSPS) is 20.4. The molecule has 0 amide bonds. The Balaban J connectivity index is 1.36. The molecule has 2 aromatic carbocycles. The van der Waals surface area contributed by atoms with Crippen LogP contribution in [0.2, 0.25) is 5.28 Å². The van der Waals surface area contributed by atoms with Crippen LogP contribution in [-0.4, -0.2) is 65.9 Å². The van der Waals surface area contributed by atoms with Crippen molar-refractivity contribution in [2.24, 2.45) is 0 Å². The van der Waals surface area contributed by atoms with Gasteiger partial charge in [0.2, 0.25) is 5.28 Å². The number of rotatable bonds is 9. The van der Waals surface area contributed by atoms with Crippen molar-refractivity contribution < 1.29 is 19.7 Å². The van der Waals surface area contributed by atoms with E-state index in [1.54, 1.807) is 36.0 Å². The average molecular weight is 590 g/mol. The van der Waals surface area contributed by atoms with E-state index in [1.807, 2.05) is 61.7 Å². The molecule has 1 aliphatic rings. The smallest absolute Gasteiger partial charge is 0.226 e. The average Bonchev–Trinajstić information content (AvgIpc) is 3.74. The number of hydrogen-bond acceptors (Lipinski definition) is 9. The number of ether oxygens (including phenoxy) is 2. The van der Waals surface area contributed by atoms with Gasteiger partial charge >= 0.3 is 0 Å². The fraction of sp³-hybridized carbons (Fsp3) is 0.333. The van der Waals surface area contributed by atoms with Crippen LogP contribution in [-0.2, 0) is 6.42 Å². The Bertz CT molecular complexity index is 1620. The third-order valence-corrected chi connectivity index (χ3v) is 8.12. The van der Waals surface area contributed by atoms with E-state index < -0.39 is 24.3 Å². The summed E-state index contributed by atoms with van der Waals surface area (Å²) < 4.78 is 14.2. The van der Waals surface area contributed by atoms with Gasteiger partial charge in [0.1, 0.15) is 23.7 Å². The van der Waals surface area contributed by atoms with Crippen molar-refractivity contribution >= 4 is 28.6 Å². The predicted octanol–water partition coefficient (Wildman–Crippen LogP) is 4.37. The summed E-state index contributed by atoms with van der Waals surface area (Å²) in [4.78, 5) is 13.6. The quantitative estimate of drug-likeness (QED) is 0.214. The number of hydrogen-bond donors (Lipinski definition) is 3. The largest absolute Gasteiger partial charge is 0.497 e. The lowest BCUT2D eigenvalue weighted by molar-refractivity contribution is 0.00721. The molecule has 6 rings (SSSR count). The van der Waals surface area contributed by atoms with E-state index in [0.29, 0.717) is 23.4 Å². The minimum atomic E-state index is -1.06. The molecule has 0 bridgehead atoms. The highest BCUT2D eigenvalue weighted by Crippen LogP contribution is 2.40. The summed E-state index contributed by atoms with van der Waals surface area (Å²) in [6, 6.07) is 14.3. The number of nitrogens with zero attached hydrogens (tertiary/aromatic N) is 6. The van der Waals surface area contributed by atoms with Crippen molar-refractivity contribution in [3.05, 3.63) is 89.2 Å². The monoisotopic (exact) mass is 589 g/mol. The maximum atomic E-state index is 11.1. The molecule has 0 spiro atoms. The van der Waals surface area contributed by atoms with Crippen LogP contribution in [0.15, 0.2) is 67.3 Å². The van der Waals surface area contributed by atoms with Crippen LogP contribution in [0.4, 0.5) is 5.82 Å². The van der Waals surface area contributed by atoms with Gasteiger partial charge in [0.25, 0.3) is 0 Å². The van der Waals surface area contributed by atoms with Crippen LogP contribution in [0, 0.1) is 0 Å². The summed E-state index contributed by atoms with van der Waals surface area (Å²) in [5.41, 5.74) is 3.93. The first-order valence-electron chi connectivity index (χ1n) is 13.7. The number of benzene rings is 2. The highest BCUT2D eigenvalue weighted by atomic mass is 35.5. The van der Waals surface area contributed by atoms with Gasteiger partial charge in [-0.2, -0.15) is 15.1 Å². The summed E-state index contributed by atoms with van der Waals surface area (Å²) in [5.74, 6) is 1.93. The second-order valence-electron chi connectivity index (χ2n) is 10.3. The van der Waals surface area contributed by atoms with Crippen molar-refractivity contribution in [3.63, 3.8) is 0 Å². The summed E-state index contributed by atoms with van der Waals surface area (Å²) >= 11 is 6.46. The van der Waals surface area contributed by atoms with Crippen molar-refractivity contribution in [1.29, 1.82) is 0 Å². The van der Waals surface area contributed by atoms with Crippen molar-refractivity contribution in [3.8, 4) is 11.5 Å². The number of aliphatic hydroxyl groups is 2. The van der Waals surface area contributed by atoms with Crippen molar-refractivity contribution in [2.75, 3.05) is 19.5 Å². The number of halogens is 1. The van der Waals surface area contributed by atoms with E-state index in [1.165, 1.54) is 0 Å². The van der Waals surface area contributed by atoms with Gasteiger partial charge in [-0.05, 0) is 65.4 Å². The van der Waals surface area contributed by atoms with Gasteiger partial charge in [-0.15, -0.1) is 0 Å². The Labute approximate surface area is 247 Å². The number of fused-ring (bicyclic) bond motifs is 1. The third-order valence-electron chi connectivity index (χ3n) is 7.96. The van der Waals surface area contributed by atoms with Crippen molar-refractivity contribution in [1.82, 2.24) is 29.3 Å². The molecule has 4 atom stereocenters. The Hall–Kier alpha value is -4.19. The second-order valence-corrected chi connectivity index (χ2v) is 10.7. The maximum absolute atomic E-state index is 11.1. The molecule has 5 aromatic rings. The molecule has 0 saturated heterocycles. The molecule has 1 fully saturated rings. The van der Waals surface area contributed by atoms with Gasteiger partial charge in [-0.25, -0.2) is 4.98 Å². The van der Waals surface area contributed by atoms with E-state index in [4.69, 9.17) is 21.1 Å². The van der Waals surface area contributed by atoms with Gasteiger partial charge in [0.15, 0.2) is 17.0 Å². The maximum Gasteiger partial charge on any atom is 0.226 e. The Morgan fingerprint density at radius 3 is 2.14 bits per heavy atom. The van der Waals surface area contributed by atoms with Crippen LogP contribution in [0.3, 0.4) is 0 Å². The first-order chi connectivity index (χ1) is 20.4. The molecule has 218 valence electrons. The lowest BCUT2D eigenvalue weighted by atomic mass is 9.98. The molecule has 0 radical (unpaired) electrons. The van der Waals surface area contributed by atoms with Gasteiger partial charge < -0.3 is 29.6 Å². The van der Waals surface area contributed by atoms with E-state index in [0.717, 1.165) is 34.6 Å².